The minimum Gasteiger partial charge on any atom is -0.497 e. The maximum atomic E-state index is 11.4. The number of hydrogen-bond acceptors (Lipinski definition) is 2. The molecule has 80 valence electrons. The molecule has 2 nitrogen and oxygen atoms in total. The van der Waals surface area contributed by atoms with E-state index in [1.165, 1.54) is 0 Å². The van der Waals surface area contributed by atoms with Crippen LogP contribution in [0.4, 0.5) is 0 Å². The molecule has 0 radical (unpaired) electrons. The van der Waals surface area contributed by atoms with Gasteiger partial charge in [0, 0.05) is 4.47 Å². The highest BCUT2D eigenvalue weighted by Gasteiger charge is 2.51. The third-order valence-electron chi connectivity index (χ3n) is 2.82. The van der Waals surface area contributed by atoms with E-state index in [2.05, 4.69) is 15.9 Å². The van der Waals surface area contributed by atoms with Crippen LogP contribution in [0.3, 0.4) is 0 Å². The van der Waals surface area contributed by atoms with Gasteiger partial charge in [-0.3, -0.25) is 4.79 Å². The molecule has 0 amide bonds. The predicted molar refractivity (Wildman–Crippen MR) is 62.5 cm³/mol. The highest BCUT2D eigenvalue weighted by atomic mass is 79.9. The standard InChI is InChI=1S/C11H10BrClO2/c1-15-7-2-3-9(12)8(6-7)11(4-5-11)10(13)14/h2-3,6H,4-5H2,1H3. The van der Waals surface area contributed by atoms with Gasteiger partial charge in [-0.15, -0.1) is 0 Å². The molecular weight excluding hydrogens is 279 g/mol. The molecule has 0 heterocycles. The lowest BCUT2D eigenvalue weighted by atomic mass is 9.97. The van der Waals surface area contributed by atoms with Crippen LogP contribution < -0.4 is 4.74 Å². The van der Waals surface area contributed by atoms with Gasteiger partial charge in [0.1, 0.15) is 5.75 Å². The Balaban J connectivity index is 2.47. The van der Waals surface area contributed by atoms with Gasteiger partial charge in [-0.1, -0.05) is 15.9 Å². The summed E-state index contributed by atoms with van der Waals surface area (Å²) in [5.74, 6) is 0.748. The SMILES string of the molecule is COc1ccc(Br)c(C2(C(=O)Cl)CC2)c1. The van der Waals surface area contributed by atoms with Gasteiger partial charge in [-0.05, 0) is 48.2 Å². The molecular formula is C11H10BrClO2. The summed E-state index contributed by atoms with van der Waals surface area (Å²) < 4.78 is 6.05. The smallest absolute Gasteiger partial charge is 0.232 e. The maximum Gasteiger partial charge on any atom is 0.232 e. The summed E-state index contributed by atoms with van der Waals surface area (Å²) in [5.41, 5.74) is 0.455. The number of halogens is 2. The predicted octanol–water partition coefficient (Wildman–Crippen LogP) is 3.25. The summed E-state index contributed by atoms with van der Waals surface area (Å²) >= 11 is 9.07. The van der Waals surface area contributed by atoms with Crippen molar-refractivity contribution >= 4 is 32.8 Å². The second-order valence-electron chi connectivity index (χ2n) is 3.70. The van der Waals surface area contributed by atoms with Crippen molar-refractivity contribution in [2.45, 2.75) is 18.3 Å². The van der Waals surface area contributed by atoms with E-state index in [0.29, 0.717) is 0 Å². The van der Waals surface area contributed by atoms with Crippen LogP contribution in [0.1, 0.15) is 18.4 Å². The van der Waals surface area contributed by atoms with Gasteiger partial charge in [0.2, 0.25) is 5.24 Å². The van der Waals surface area contributed by atoms with Crippen LogP contribution in [0, 0.1) is 0 Å². The molecule has 0 aromatic heterocycles. The van der Waals surface area contributed by atoms with Crippen molar-refractivity contribution < 1.29 is 9.53 Å². The van der Waals surface area contributed by atoms with Gasteiger partial charge in [0.05, 0.1) is 12.5 Å². The molecule has 1 aliphatic rings. The number of methoxy groups -OCH3 is 1. The molecule has 0 unspecified atom stereocenters. The molecule has 0 bridgehead atoms. The van der Waals surface area contributed by atoms with Crippen molar-refractivity contribution in [1.82, 2.24) is 0 Å². The molecule has 0 saturated heterocycles. The van der Waals surface area contributed by atoms with E-state index in [1.54, 1.807) is 7.11 Å². The number of rotatable bonds is 3. The van der Waals surface area contributed by atoms with Gasteiger partial charge < -0.3 is 4.74 Å². The fourth-order valence-electron chi connectivity index (χ4n) is 1.69. The zero-order valence-corrected chi connectivity index (χ0v) is 10.6. The first-order valence-electron chi connectivity index (χ1n) is 4.64. The Morgan fingerprint density at radius 3 is 2.67 bits per heavy atom. The molecule has 4 heteroatoms. The number of benzene rings is 1. The maximum absolute atomic E-state index is 11.4. The highest BCUT2D eigenvalue weighted by Crippen LogP contribution is 2.52. The molecule has 0 aliphatic heterocycles. The number of carbonyl (C=O) groups excluding carboxylic acids is 1. The topological polar surface area (TPSA) is 26.3 Å². The molecule has 1 aliphatic carbocycles. The Labute approximate surface area is 102 Å². The third-order valence-corrected chi connectivity index (χ3v) is 3.87. The van der Waals surface area contributed by atoms with Gasteiger partial charge in [0.25, 0.3) is 0 Å². The fraction of sp³-hybridized carbons (Fsp3) is 0.364. The van der Waals surface area contributed by atoms with Crippen LogP contribution in [0.5, 0.6) is 5.75 Å². The number of hydrogen-bond donors (Lipinski definition) is 0. The van der Waals surface area contributed by atoms with Crippen LogP contribution in [-0.2, 0) is 10.2 Å². The van der Waals surface area contributed by atoms with Crippen LogP contribution in [-0.4, -0.2) is 12.4 Å². The molecule has 1 saturated carbocycles. The van der Waals surface area contributed by atoms with E-state index in [4.69, 9.17) is 16.3 Å². The first kappa shape index (κ1) is 11.0. The molecule has 1 aromatic carbocycles. The second kappa shape index (κ2) is 3.80. The Morgan fingerprint density at radius 2 is 2.20 bits per heavy atom. The van der Waals surface area contributed by atoms with Crippen molar-refractivity contribution in [1.29, 1.82) is 0 Å². The van der Waals surface area contributed by atoms with Gasteiger partial charge in [0.15, 0.2) is 0 Å². The summed E-state index contributed by atoms with van der Waals surface area (Å²) in [5, 5.41) is -0.281. The molecule has 2 rings (SSSR count). The average Bonchev–Trinajstić information content (AvgIpc) is 2.99. The van der Waals surface area contributed by atoms with E-state index in [9.17, 15) is 4.79 Å². The normalized spacial score (nSPS) is 17.3. The van der Waals surface area contributed by atoms with Crippen molar-refractivity contribution in [2.75, 3.05) is 7.11 Å². The van der Waals surface area contributed by atoms with Crippen LogP contribution in [0.25, 0.3) is 0 Å². The summed E-state index contributed by atoms with van der Waals surface area (Å²) in [6.07, 6.45) is 1.64. The molecule has 0 N–H and O–H groups in total. The van der Waals surface area contributed by atoms with E-state index in [1.807, 2.05) is 18.2 Å². The molecule has 1 fully saturated rings. The molecule has 15 heavy (non-hydrogen) atoms. The van der Waals surface area contributed by atoms with Crippen molar-refractivity contribution in [3.63, 3.8) is 0 Å². The highest BCUT2D eigenvalue weighted by molar-refractivity contribution is 9.10. The van der Waals surface area contributed by atoms with Crippen molar-refractivity contribution in [3.05, 3.63) is 28.2 Å². The first-order chi connectivity index (χ1) is 7.10. The Morgan fingerprint density at radius 1 is 1.53 bits per heavy atom. The van der Waals surface area contributed by atoms with E-state index < -0.39 is 5.41 Å². The third kappa shape index (κ3) is 1.79. The Hall–Kier alpha value is -0.540. The number of ether oxygens (including phenoxy) is 1. The van der Waals surface area contributed by atoms with Crippen molar-refractivity contribution in [3.8, 4) is 5.75 Å². The quantitative estimate of drug-likeness (QED) is 0.799. The zero-order chi connectivity index (χ0) is 11.1. The lowest BCUT2D eigenvalue weighted by Crippen LogP contribution is -2.15. The Bertz CT molecular complexity index is 413. The molecule has 0 spiro atoms. The minimum absolute atomic E-state index is 0.281. The van der Waals surface area contributed by atoms with E-state index in [0.717, 1.165) is 28.6 Å². The van der Waals surface area contributed by atoms with Gasteiger partial charge >= 0.3 is 0 Å². The van der Waals surface area contributed by atoms with E-state index in [-0.39, 0.29) is 5.24 Å². The lowest BCUT2D eigenvalue weighted by molar-refractivity contribution is -0.113. The largest absolute Gasteiger partial charge is 0.497 e. The summed E-state index contributed by atoms with van der Waals surface area (Å²) in [6, 6.07) is 5.60. The van der Waals surface area contributed by atoms with Crippen LogP contribution in [0.15, 0.2) is 22.7 Å². The lowest BCUT2D eigenvalue weighted by Gasteiger charge is -2.13. The monoisotopic (exact) mass is 288 g/mol. The zero-order valence-electron chi connectivity index (χ0n) is 8.22. The summed E-state index contributed by atoms with van der Waals surface area (Å²) in [7, 11) is 1.61. The fourth-order valence-corrected chi connectivity index (χ4v) is 2.61. The van der Waals surface area contributed by atoms with Crippen molar-refractivity contribution in [2.24, 2.45) is 0 Å². The minimum atomic E-state index is -0.477. The second-order valence-corrected chi connectivity index (χ2v) is 4.90. The van der Waals surface area contributed by atoms with Crippen LogP contribution in [0.2, 0.25) is 0 Å². The Kier molecular flexibility index (Phi) is 2.77. The molecule has 0 atom stereocenters. The van der Waals surface area contributed by atoms with E-state index >= 15 is 0 Å². The summed E-state index contributed by atoms with van der Waals surface area (Å²) in [6.45, 7) is 0. The van der Waals surface area contributed by atoms with Crippen LogP contribution >= 0.6 is 27.5 Å². The average molecular weight is 290 g/mol. The van der Waals surface area contributed by atoms with Gasteiger partial charge in [-0.2, -0.15) is 0 Å². The van der Waals surface area contributed by atoms with Gasteiger partial charge in [-0.25, -0.2) is 0 Å². The number of carbonyl (C=O) groups is 1. The first-order valence-corrected chi connectivity index (χ1v) is 5.81. The molecule has 1 aromatic rings. The summed E-state index contributed by atoms with van der Waals surface area (Å²) in [4.78, 5) is 11.4.